The molecule has 0 atom stereocenters. The Balaban J connectivity index is 1.99. The van der Waals surface area contributed by atoms with Gasteiger partial charge in [-0.25, -0.2) is 4.79 Å². The van der Waals surface area contributed by atoms with Crippen LogP contribution >= 0.6 is 0 Å². The van der Waals surface area contributed by atoms with E-state index in [0.717, 1.165) is 11.4 Å². The molecule has 110 valence electrons. The molecular weight excluding hydrogens is 272 g/mol. The predicted molar refractivity (Wildman–Crippen MR) is 76.1 cm³/mol. The topological polar surface area (TPSA) is 97.1 Å². The smallest absolute Gasteiger partial charge is 0.337 e. The number of carbonyl (C=O) groups excluding carboxylic acids is 1. The Hall–Kier alpha value is -2.70. The van der Waals surface area contributed by atoms with Crippen molar-refractivity contribution in [2.75, 3.05) is 5.32 Å². The SMILES string of the molecule is Cc1cc(C)n(CCC(=O)Nc2cnccc2C(=O)O)n1. The molecule has 0 aromatic carbocycles. The van der Waals surface area contributed by atoms with Crippen molar-refractivity contribution in [3.63, 3.8) is 0 Å². The van der Waals surface area contributed by atoms with Crippen LogP contribution in [0, 0.1) is 13.8 Å². The summed E-state index contributed by atoms with van der Waals surface area (Å²) in [7, 11) is 0. The number of amides is 1. The zero-order chi connectivity index (χ0) is 15.4. The van der Waals surface area contributed by atoms with Crippen molar-refractivity contribution in [3.05, 3.63) is 41.5 Å². The number of carboxylic acids is 1. The zero-order valence-electron chi connectivity index (χ0n) is 11.8. The Morgan fingerprint density at radius 3 is 2.76 bits per heavy atom. The van der Waals surface area contributed by atoms with Gasteiger partial charge in [0.1, 0.15) is 0 Å². The summed E-state index contributed by atoms with van der Waals surface area (Å²) in [5.41, 5.74) is 2.09. The number of pyridine rings is 1. The first-order chi connectivity index (χ1) is 9.97. The minimum atomic E-state index is -1.11. The van der Waals surface area contributed by atoms with E-state index in [4.69, 9.17) is 5.11 Å². The molecule has 21 heavy (non-hydrogen) atoms. The highest BCUT2D eigenvalue weighted by molar-refractivity contribution is 6.00. The Morgan fingerprint density at radius 2 is 2.14 bits per heavy atom. The Morgan fingerprint density at radius 1 is 1.38 bits per heavy atom. The maximum absolute atomic E-state index is 11.9. The zero-order valence-corrected chi connectivity index (χ0v) is 11.8. The van der Waals surface area contributed by atoms with Gasteiger partial charge in [0.05, 0.1) is 23.1 Å². The van der Waals surface area contributed by atoms with Gasteiger partial charge in [-0.05, 0) is 26.0 Å². The first kappa shape index (κ1) is 14.7. The number of hydrogen-bond donors (Lipinski definition) is 2. The minimum Gasteiger partial charge on any atom is -0.478 e. The predicted octanol–water partition coefficient (Wildman–Crippen LogP) is 1.62. The molecule has 0 spiro atoms. The molecule has 2 N–H and O–H groups in total. The van der Waals surface area contributed by atoms with Crippen LogP contribution in [0.25, 0.3) is 0 Å². The van der Waals surface area contributed by atoms with Crippen LogP contribution in [0.15, 0.2) is 24.5 Å². The van der Waals surface area contributed by atoms with E-state index in [-0.39, 0.29) is 23.6 Å². The van der Waals surface area contributed by atoms with Crippen LogP contribution in [-0.4, -0.2) is 31.7 Å². The second-order valence-electron chi connectivity index (χ2n) is 4.67. The van der Waals surface area contributed by atoms with Crippen molar-refractivity contribution in [1.82, 2.24) is 14.8 Å². The number of hydrogen-bond acceptors (Lipinski definition) is 4. The number of aromatic nitrogens is 3. The van der Waals surface area contributed by atoms with Gasteiger partial charge in [-0.3, -0.25) is 14.5 Å². The maximum Gasteiger partial charge on any atom is 0.337 e. The monoisotopic (exact) mass is 288 g/mol. The summed E-state index contributed by atoms with van der Waals surface area (Å²) in [6.45, 7) is 4.24. The van der Waals surface area contributed by atoms with Gasteiger partial charge in [0.25, 0.3) is 0 Å². The fraction of sp³-hybridized carbons (Fsp3) is 0.286. The summed E-state index contributed by atoms with van der Waals surface area (Å²) < 4.78 is 1.75. The summed E-state index contributed by atoms with van der Waals surface area (Å²) in [5.74, 6) is -1.38. The van der Waals surface area contributed by atoms with E-state index in [1.165, 1.54) is 18.5 Å². The van der Waals surface area contributed by atoms with E-state index >= 15 is 0 Å². The van der Waals surface area contributed by atoms with E-state index in [2.05, 4.69) is 15.4 Å². The summed E-state index contributed by atoms with van der Waals surface area (Å²) >= 11 is 0. The Bertz CT molecular complexity index is 679. The van der Waals surface area contributed by atoms with Gasteiger partial charge in [0.15, 0.2) is 0 Å². The maximum atomic E-state index is 11.9. The van der Waals surface area contributed by atoms with Crippen molar-refractivity contribution in [2.24, 2.45) is 0 Å². The molecule has 0 aliphatic rings. The minimum absolute atomic E-state index is 0.0180. The van der Waals surface area contributed by atoms with Crippen molar-refractivity contribution in [3.8, 4) is 0 Å². The van der Waals surface area contributed by atoms with Crippen LogP contribution in [0.3, 0.4) is 0 Å². The molecule has 2 aromatic rings. The molecule has 2 heterocycles. The van der Waals surface area contributed by atoms with Crippen LogP contribution in [0.1, 0.15) is 28.2 Å². The lowest BCUT2D eigenvalue weighted by molar-refractivity contribution is -0.116. The van der Waals surface area contributed by atoms with Gasteiger partial charge < -0.3 is 10.4 Å². The van der Waals surface area contributed by atoms with Crippen LogP contribution in [0.4, 0.5) is 5.69 Å². The van der Waals surface area contributed by atoms with Crippen LogP contribution in [0.5, 0.6) is 0 Å². The molecule has 0 bridgehead atoms. The third-order valence-electron chi connectivity index (χ3n) is 2.98. The molecule has 7 nitrogen and oxygen atoms in total. The fourth-order valence-electron chi connectivity index (χ4n) is 2.00. The first-order valence-electron chi connectivity index (χ1n) is 6.45. The lowest BCUT2D eigenvalue weighted by Gasteiger charge is -2.08. The second-order valence-corrected chi connectivity index (χ2v) is 4.67. The number of carbonyl (C=O) groups is 2. The van der Waals surface area contributed by atoms with Crippen molar-refractivity contribution < 1.29 is 14.7 Å². The summed E-state index contributed by atoms with van der Waals surface area (Å²) in [4.78, 5) is 26.8. The molecule has 0 unspecified atom stereocenters. The summed E-state index contributed by atoms with van der Waals surface area (Å²) in [5, 5.41) is 15.9. The van der Waals surface area contributed by atoms with Crippen LogP contribution in [0.2, 0.25) is 0 Å². The summed E-state index contributed by atoms with van der Waals surface area (Å²) in [6.07, 6.45) is 2.90. The molecule has 0 aliphatic carbocycles. The number of nitrogens with one attached hydrogen (secondary N) is 1. The molecule has 0 saturated carbocycles. The van der Waals surface area contributed by atoms with E-state index in [1.807, 2.05) is 19.9 Å². The average molecular weight is 288 g/mol. The molecule has 2 rings (SSSR count). The van der Waals surface area contributed by atoms with E-state index in [1.54, 1.807) is 4.68 Å². The van der Waals surface area contributed by atoms with Gasteiger partial charge in [-0.1, -0.05) is 0 Å². The van der Waals surface area contributed by atoms with E-state index < -0.39 is 5.97 Å². The number of rotatable bonds is 5. The normalized spacial score (nSPS) is 10.4. The quantitative estimate of drug-likeness (QED) is 0.871. The number of anilines is 1. The highest BCUT2D eigenvalue weighted by atomic mass is 16.4. The fourth-order valence-corrected chi connectivity index (χ4v) is 2.00. The van der Waals surface area contributed by atoms with Gasteiger partial charge in [0, 0.05) is 24.9 Å². The molecule has 0 aliphatic heterocycles. The van der Waals surface area contributed by atoms with Crippen LogP contribution < -0.4 is 5.32 Å². The van der Waals surface area contributed by atoms with Crippen LogP contribution in [-0.2, 0) is 11.3 Å². The van der Waals surface area contributed by atoms with Crippen molar-refractivity contribution in [2.45, 2.75) is 26.8 Å². The molecule has 7 heteroatoms. The Labute approximate surface area is 121 Å². The van der Waals surface area contributed by atoms with Gasteiger partial charge in [-0.2, -0.15) is 5.10 Å². The number of nitrogens with zero attached hydrogens (tertiary/aromatic N) is 3. The number of aromatic carboxylic acids is 1. The average Bonchev–Trinajstić information content (AvgIpc) is 2.75. The van der Waals surface area contributed by atoms with Gasteiger partial charge in [0.2, 0.25) is 5.91 Å². The third-order valence-corrected chi connectivity index (χ3v) is 2.98. The Kier molecular flexibility index (Phi) is 4.32. The molecule has 0 radical (unpaired) electrons. The largest absolute Gasteiger partial charge is 0.478 e. The third kappa shape index (κ3) is 3.65. The van der Waals surface area contributed by atoms with Gasteiger partial charge >= 0.3 is 5.97 Å². The van der Waals surface area contributed by atoms with E-state index in [0.29, 0.717) is 6.54 Å². The number of carboxylic acid groups (broad SMARTS) is 1. The lowest BCUT2D eigenvalue weighted by Crippen LogP contribution is -2.17. The van der Waals surface area contributed by atoms with E-state index in [9.17, 15) is 9.59 Å². The molecule has 0 fully saturated rings. The summed E-state index contributed by atoms with van der Waals surface area (Å²) in [6, 6.07) is 3.28. The van der Waals surface area contributed by atoms with Crippen molar-refractivity contribution >= 4 is 17.6 Å². The molecular formula is C14H16N4O3. The highest BCUT2D eigenvalue weighted by Crippen LogP contribution is 2.13. The highest BCUT2D eigenvalue weighted by Gasteiger charge is 2.12. The molecule has 1 amide bonds. The molecule has 0 saturated heterocycles. The first-order valence-corrected chi connectivity index (χ1v) is 6.45. The van der Waals surface area contributed by atoms with Gasteiger partial charge in [-0.15, -0.1) is 0 Å². The second kappa shape index (κ2) is 6.17. The lowest BCUT2D eigenvalue weighted by atomic mass is 10.2. The molecule has 2 aromatic heterocycles. The van der Waals surface area contributed by atoms with Crippen molar-refractivity contribution in [1.29, 1.82) is 0 Å². The number of aryl methyl sites for hydroxylation is 3. The standard InChI is InChI=1S/C14H16N4O3/c1-9-7-10(2)18(17-9)6-4-13(19)16-12-8-15-5-3-11(12)14(20)21/h3,5,7-8H,4,6H2,1-2H3,(H,16,19)(H,20,21).